The molecule has 0 atom stereocenters. The molecule has 0 aromatic heterocycles. The van der Waals surface area contributed by atoms with Crippen molar-refractivity contribution >= 4 is 27.3 Å². The molecule has 34 heavy (non-hydrogen) atoms. The van der Waals surface area contributed by atoms with Crippen molar-refractivity contribution in [3.63, 3.8) is 0 Å². The van der Waals surface area contributed by atoms with E-state index in [1.807, 2.05) is 0 Å². The van der Waals surface area contributed by atoms with Gasteiger partial charge in [0.25, 0.3) is 21.7 Å². The van der Waals surface area contributed by atoms with Gasteiger partial charge >= 0.3 is 0 Å². The van der Waals surface area contributed by atoms with Gasteiger partial charge in [0.2, 0.25) is 0 Å². The number of anilines is 2. The van der Waals surface area contributed by atoms with E-state index in [4.69, 9.17) is 9.47 Å². The van der Waals surface area contributed by atoms with Crippen molar-refractivity contribution in [3.05, 3.63) is 77.9 Å². The van der Waals surface area contributed by atoms with Crippen molar-refractivity contribution in [1.82, 2.24) is 0 Å². The van der Waals surface area contributed by atoms with Crippen LogP contribution in [-0.2, 0) is 10.0 Å². The van der Waals surface area contributed by atoms with Gasteiger partial charge in [0.15, 0.2) is 23.1 Å². The Morgan fingerprint density at radius 1 is 0.824 bits per heavy atom. The Bertz CT molecular complexity index is 1370. The maximum absolute atomic E-state index is 13.4. The monoisotopic (exact) mass is 486 g/mol. The van der Waals surface area contributed by atoms with E-state index in [-0.39, 0.29) is 5.69 Å². The number of benzene rings is 3. The number of nitrogens with one attached hydrogen (secondary N) is 2. The minimum Gasteiger partial charge on any atom is -0.448 e. The van der Waals surface area contributed by atoms with Crippen LogP contribution in [0.3, 0.4) is 0 Å². The van der Waals surface area contributed by atoms with Gasteiger partial charge in [-0.2, -0.15) is 0 Å². The van der Waals surface area contributed by atoms with Gasteiger partial charge < -0.3 is 14.8 Å². The van der Waals surface area contributed by atoms with Crippen molar-refractivity contribution in [1.29, 1.82) is 0 Å². The molecule has 0 bridgehead atoms. The maximum Gasteiger partial charge on any atom is 0.261 e. The first-order valence-corrected chi connectivity index (χ1v) is 12.1. The third-order valence-corrected chi connectivity index (χ3v) is 7.14. The minimum absolute atomic E-state index is 0.159. The normalized spacial score (nSPS) is 15.9. The second kappa shape index (κ2) is 8.28. The topological polar surface area (TPSA) is 93.7 Å². The second-order valence-corrected chi connectivity index (χ2v) is 9.88. The van der Waals surface area contributed by atoms with Crippen LogP contribution in [-0.4, -0.2) is 20.1 Å². The van der Waals surface area contributed by atoms with Gasteiger partial charge in [-0.25, -0.2) is 17.2 Å². The standard InChI is InChI=1S/C24H20F2N2O5S/c25-19-9-8-18(14-20(19)26)34(30,31)28-16-5-3-15(4-6-16)23(29)27-17-7-10-21-22(13-17)33-24(32-21)11-1-2-12-24/h3-10,13-14,28H,1-2,11-12H2,(H,27,29). The molecule has 2 aliphatic rings. The molecule has 0 radical (unpaired) electrons. The zero-order valence-electron chi connectivity index (χ0n) is 17.8. The predicted molar refractivity (Wildman–Crippen MR) is 120 cm³/mol. The van der Waals surface area contributed by atoms with Crippen LogP contribution >= 0.6 is 0 Å². The van der Waals surface area contributed by atoms with E-state index in [9.17, 15) is 22.0 Å². The highest BCUT2D eigenvalue weighted by Gasteiger charge is 2.44. The summed E-state index contributed by atoms with van der Waals surface area (Å²) in [5, 5.41) is 2.78. The largest absolute Gasteiger partial charge is 0.448 e. The maximum atomic E-state index is 13.4. The zero-order chi connectivity index (χ0) is 23.9. The number of amides is 1. The Hall–Kier alpha value is -3.66. The first kappa shape index (κ1) is 22.1. The van der Waals surface area contributed by atoms with Crippen molar-refractivity contribution < 1.29 is 31.5 Å². The summed E-state index contributed by atoms with van der Waals surface area (Å²) in [7, 11) is -4.13. The molecule has 1 saturated carbocycles. The average Bonchev–Trinajstić information content (AvgIpc) is 3.41. The molecule has 1 aliphatic carbocycles. The van der Waals surface area contributed by atoms with E-state index in [0.717, 1.165) is 37.8 Å². The number of ether oxygens (including phenoxy) is 2. The number of rotatable bonds is 5. The number of carbonyl (C=O) groups is 1. The Balaban J connectivity index is 1.25. The quantitative estimate of drug-likeness (QED) is 0.526. The molecule has 3 aromatic rings. The number of hydrogen-bond donors (Lipinski definition) is 2. The van der Waals surface area contributed by atoms with E-state index in [0.29, 0.717) is 28.8 Å². The van der Waals surface area contributed by atoms with E-state index >= 15 is 0 Å². The van der Waals surface area contributed by atoms with Crippen molar-refractivity contribution in [2.45, 2.75) is 36.4 Å². The van der Waals surface area contributed by atoms with E-state index in [2.05, 4.69) is 10.0 Å². The number of sulfonamides is 1. The number of hydrogen-bond acceptors (Lipinski definition) is 5. The molecule has 1 fully saturated rings. The van der Waals surface area contributed by atoms with Gasteiger partial charge in [0.05, 0.1) is 4.90 Å². The molecule has 1 aliphatic heterocycles. The van der Waals surface area contributed by atoms with Gasteiger partial charge in [-0.1, -0.05) is 0 Å². The molecular weight excluding hydrogens is 466 g/mol. The summed E-state index contributed by atoms with van der Waals surface area (Å²) < 4.78 is 65.5. The van der Waals surface area contributed by atoms with Crippen LogP contribution in [0, 0.1) is 11.6 Å². The minimum atomic E-state index is -4.13. The van der Waals surface area contributed by atoms with E-state index < -0.39 is 38.2 Å². The fourth-order valence-electron chi connectivity index (χ4n) is 4.04. The van der Waals surface area contributed by atoms with Gasteiger partial charge in [0, 0.05) is 35.8 Å². The summed E-state index contributed by atoms with van der Waals surface area (Å²) in [5.74, 6) is -2.16. The lowest BCUT2D eigenvalue weighted by Crippen LogP contribution is -2.34. The highest BCUT2D eigenvalue weighted by Crippen LogP contribution is 2.47. The SMILES string of the molecule is O=C(Nc1ccc2c(c1)OC1(CCCC1)O2)c1ccc(NS(=O)(=O)c2ccc(F)c(F)c2)cc1. The lowest BCUT2D eigenvalue weighted by Gasteiger charge is -2.21. The summed E-state index contributed by atoms with van der Waals surface area (Å²) in [6.07, 6.45) is 3.75. The van der Waals surface area contributed by atoms with Crippen molar-refractivity contribution in [2.24, 2.45) is 0 Å². The summed E-state index contributed by atoms with van der Waals surface area (Å²) in [6, 6.07) is 13.2. The third-order valence-electron chi connectivity index (χ3n) is 5.76. The van der Waals surface area contributed by atoms with Crippen LogP contribution in [0.5, 0.6) is 11.5 Å². The van der Waals surface area contributed by atoms with Crippen LogP contribution in [0.1, 0.15) is 36.0 Å². The lowest BCUT2D eigenvalue weighted by molar-refractivity contribution is -0.0716. The Kier molecular flexibility index (Phi) is 5.40. The molecule has 7 nitrogen and oxygen atoms in total. The summed E-state index contributed by atoms with van der Waals surface area (Å²) >= 11 is 0. The highest BCUT2D eigenvalue weighted by atomic mass is 32.2. The molecule has 5 rings (SSSR count). The van der Waals surface area contributed by atoms with Crippen LogP contribution in [0.2, 0.25) is 0 Å². The average molecular weight is 486 g/mol. The van der Waals surface area contributed by atoms with Crippen LogP contribution in [0.25, 0.3) is 0 Å². The molecule has 1 heterocycles. The zero-order valence-corrected chi connectivity index (χ0v) is 18.6. The third kappa shape index (κ3) is 4.28. The number of halogens is 2. The summed E-state index contributed by atoms with van der Waals surface area (Å²) in [6.45, 7) is 0. The summed E-state index contributed by atoms with van der Waals surface area (Å²) in [4.78, 5) is 12.2. The predicted octanol–water partition coefficient (Wildman–Crippen LogP) is 5.06. The Labute approximate surface area is 194 Å². The molecule has 10 heteroatoms. The molecule has 1 spiro atoms. The van der Waals surface area contributed by atoms with Gasteiger partial charge in [-0.05, 0) is 67.4 Å². The molecule has 176 valence electrons. The fraction of sp³-hybridized carbons (Fsp3) is 0.208. The number of carbonyl (C=O) groups excluding carboxylic acids is 1. The lowest BCUT2D eigenvalue weighted by atomic mass is 10.2. The van der Waals surface area contributed by atoms with Crippen molar-refractivity contribution in [2.75, 3.05) is 10.0 Å². The molecule has 2 N–H and O–H groups in total. The molecule has 3 aromatic carbocycles. The second-order valence-electron chi connectivity index (χ2n) is 8.20. The molecule has 0 unspecified atom stereocenters. The number of fused-ring (bicyclic) bond motifs is 1. The van der Waals surface area contributed by atoms with Gasteiger partial charge in [-0.15, -0.1) is 0 Å². The first-order chi connectivity index (χ1) is 16.2. The Morgan fingerprint density at radius 2 is 1.50 bits per heavy atom. The van der Waals surface area contributed by atoms with Gasteiger partial charge in [0.1, 0.15) is 0 Å². The molecule has 1 amide bonds. The van der Waals surface area contributed by atoms with Crippen LogP contribution in [0.4, 0.5) is 20.2 Å². The summed E-state index contributed by atoms with van der Waals surface area (Å²) in [5.41, 5.74) is 0.984. The molecular formula is C24H20F2N2O5S. The smallest absolute Gasteiger partial charge is 0.261 e. The first-order valence-electron chi connectivity index (χ1n) is 10.6. The van der Waals surface area contributed by atoms with Gasteiger partial charge in [-0.3, -0.25) is 9.52 Å². The van der Waals surface area contributed by atoms with E-state index in [1.165, 1.54) is 24.3 Å². The van der Waals surface area contributed by atoms with Crippen LogP contribution < -0.4 is 19.5 Å². The highest BCUT2D eigenvalue weighted by molar-refractivity contribution is 7.92. The molecule has 0 saturated heterocycles. The van der Waals surface area contributed by atoms with E-state index in [1.54, 1.807) is 18.2 Å². The fourth-order valence-corrected chi connectivity index (χ4v) is 5.11. The van der Waals surface area contributed by atoms with Crippen LogP contribution in [0.15, 0.2) is 65.6 Å². The van der Waals surface area contributed by atoms with Crippen molar-refractivity contribution in [3.8, 4) is 11.5 Å². The Morgan fingerprint density at radius 3 is 2.21 bits per heavy atom.